The maximum absolute atomic E-state index is 11.8. The molecule has 192 valence electrons. The predicted molar refractivity (Wildman–Crippen MR) is 133 cm³/mol. The van der Waals surface area contributed by atoms with Crippen LogP contribution in [0.15, 0.2) is 12.2 Å². The van der Waals surface area contributed by atoms with Gasteiger partial charge in [-0.2, -0.15) is 0 Å². The molecule has 3 atom stereocenters. The molecule has 0 aliphatic heterocycles. The van der Waals surface area contributed by atoms with Crippen LogP contribution in [0.1, 0.15) is 90.4 Å². The lowest BCUT2D eigenvalue weighted by molar-refractivity contribution is -0.138. The Kier molecular flexibility index (Phi) is 20.0. The van der Waals surface area contributed by atoms with Crippen LogP contribution >= 0.6 is 11.8 Å². The Morgan fingerprint density at radius 2 is 1.52 bits per heavy atom. The number of aliphatic hydroxyl groups excluding tert-OH is 1. The normalized spacial score (nSPS) is 14.2. The minimum absolute atomic E-state index is 0.107. The molecule has 0 bridgehead atoms. The second-order valence-corrected chi connectivity index (χ2v) is 9.63. The molecule has 33 heavy (non-hydrogen) atoms. The number of carbonyl (C=O) groups is 3. The van der Waals surface area contributed by atoms with Crippen LogP contribution in [0, 0.1) is 0 Å². The van der Waals surface area contributed by atoms with Crippen LogP contribution in [0.4, 0.5) is 0 Å². The summed E-state index contributed by atoms with van der Waals surface area (Å²) < 4.78 is 0. The number of hydrogen-bond acceptors (Lipinski definition) is 6. The van der Waals surface area contributed by atoms with Gasteiger partial charge in [0.15, 0.2) is 0 Å². The maximum Gasteiger partial charge on any atom is 0.322 e. The molecule has 0 saturated heterocycles. The highest BCUT2D eigenvalue weighted by molar-refractivity contribution is 8.00. The number of nitrogens with two attached hydrogens (primary N) is 1. The van der Waals surface area contributed by atoms with Crippen LogP contribution in [-0.2, 0) is 14.4 Å². The van der Waals surface area contributed by atoms with Gasteiger partial charge in [0, 0.05) is 17.4 Å². The van der Waals surface area contributed by atoms with E-state index in [1.54, 1.807) is 0 Å². The number of rotatable bonds is 22. The molecule has 1 amide bonds. The SMILES string of the molecule is CCCCCCCCCCCC/C=C/[C@H](SC[C@H](N)C(=O)NCC(=O)O)[C@@H](O)CCC(=O)O. The molecule has 9 heteroatoms. The first-order valence-electron chi connectivity index (χ1n) is 12.2. The van der Waals surface area contributed by atoms with E-state index in [1.807, 2.05) is 12.2 Å². The zero-order valence-corrected chi connectivity index (χ0v) is 20.9. The molecular formula is C24H44N2O6S. The summed E-state index contributed by atoms with van der Waals surface area (Å²) in [6.07, 6.45) is 16.5. The number of carboxylic acid groups (broad SMARTS) is 2. The predicted octanol–water partition coefficient (Wildman–Crippen LogP) is 3.71. The summed E-state index contributed by atoms with van der Waals surface area (Å²) in [7, 11) is 0. The highest BCUT2D eigenvalue weighted by Gasteiger charge is 2.21. The minimum atomic E-state index is -1.15. The van der Waals surface area contributed by atoms with Gasteiger partial charge in [-0.25, -0.2) is 0 Å². The average Bonchev–Trinajstić information content (AvgIpc) is 2.78. The zero-order valence-electron chi connectivity index (χ0n) is 20.0. The molecule has 0 radical (unpaired) electrons. The fourth-order valence-corrected chi connectivity index (χ4v) is 4.46. The van der Waals surface area contributed by atoms with Gasteiger partial charge in [0.25, 0.3) is 0 Å². The number of carboxylic acids is 2. The quantitative estimate of drug-likeness (QED) is 0.114. The second-order valence-electron chi connectivity index (χ2n) is 8.41. The van der Waals surface area contributed by atoms with E-state index in [4.69, 9.17) is 15.9 Å². The molecule has 0 unspecified atom stereocenters. The highest BCUT2D eigenvalue weighted by Crippen LogP contribution is 2.21. The van der Waals surface area contributed by atoms with Crippen molar-refractivity contribution in [3.63, 3.8) is 0 Å². The van der Waals surface area contributed by atoms with Gasteiger partial charge in [-0.1, -0.05) is 76.9 Å². The Bertz CT molecular complexity index is 573. The second kappa shape index (κ2) is 21.0. The van der Waals surface area contributed by atoms with Crippen molar-refractivity contribution in [3.8, 4) is 0 Å². The van der Waals surface area contributed by atoms with Gasteiger partial charge in [-0.15, -0.1) is 11.8 Å². The molecule has 6 N–H and O–H groups in total. The molecule has 0 fully saturated rings. The number of allylic oxidation sites excluding steroid dienone is 1. The Hall–Kier alpha value is -1.58. The van der Waals surface area contributed by atoms with Gasteiger partial charge in [0.05, 0.1) is 12.1 Å². The van der Waals surface area contributed by atoms with Crippen molar-refractivity contribution in [2.45, 2.75) is 108 Å². The Morgan fingerprint density at radius 1 is 0.939 bits per heavy atom. The van der Waals surface area contributed by atoms with Crippen LogP contribution in [0.3, 0.4) is 0 Å². The fraction of sp³-hybridized carbons (Fsp3) is 0.792. The monoisotopic (exact) mass is 488 g/mol. The third-order valence-corrected chi connectivity index (χ3v) is 6.71. The molecule has 0 heterocycles. The van der Waals surface area contributed by atoms with Crippen molar-refractivity contribution in [3.05, 3.63) is 12.2 Å². The fourth-order valence-electron chi connectivity index (χ4n) is 3.29. The topological polar surface area (TPSA) is 150 Å². The molecule has 0 aromatic carbocycles. The van der Waals surface area contributed by atoms with Crippen LogP contribution in [0.5, 0.6) is 0 Å². The van der Waals surface area contributed by atoms with Crippen molar-refractivity contribution in [2.24, 2.45) is 5.73 Å². The average molecular weight is 489 g/mol. The highest BCUT2D eigenvalue weighted by atomic mass is 32.2. The first-order chi connectivity index (χ1) is 15.8. The van der Waals surface area contributed by atoms with Crippen molar-refractivity contribution >= 4 is 29.6 Å². The molecule has 0 aliphatic carbocycles. The number of thioether (sulfide) groups is 1. The maximum atomic E-state index is 11.8. The minimum Gasteiger partial charge on any atom is -0.481 e. The molecule has 0 saturated carbocycles. The third kappa shape index (κ3) is 19.6. The van der Waals surface area contributed by atoms with E-state index in [9.17, 15) is 19.5 Å². The number of nitrogens with one attached hydrogen (secondary N) is 1. The zero-order chi connectivity index (χ0) is 24.9. The van der Waals surface area contributed by atoms with Crippen LogP contribution in [0.2, 0.25) is 0 Å². The first-order valence-corrected chi connectivity index (χ1v) is 13.3. The summed E-state index contributed by atoms with van der Waals surface area (Å²) in [6, 6.07) is -0.918. The van der Waals surface area contributed by atoms with Crippen molar-refractivity contribution < 1.29 is 29.7 Å². The summed E-state index contributed by atoms with van der Waals surface area (Å²) in [5.41, 5.74) is 5.82. The Morgan fingerprint density at radius 3 is 2.06 bits per heavy atom. The van der Waals surface area contributed by atoms with E-state index in [2.05, 4.69) is 12.2 Å². The van der Waals surface area contributed by atoms with Gasteiger partial charge < -0.3 is 26.4 Å². The number of hydrogen-bond donors (Lipinski definition) is 5. The number of unbranched alkanes of at least 4 members (excludes halogenated alkanes) is 10. The molecular weight excluding hydrogens is 444 g/mol. The lowest BCUT2D eigenvalue weighted by atomic mass is 10.1. The van der Waals surface area contributed by atoms with Crippen LogP contribution in [-0.4, -0.2) is 62.9 Å². The number of aliphatic hydroxyl groups is 1. The molecule has 0 rings (SSSR count). The largest absolute Gasteiger partial charge is 0.481 e. The summed E-state index contributed by atoms with van der Waals surface area (Å²) in [5, 5.41) is 29.8. The Labute approximate surface area is 202 Å². The molecule has 8 nitrogen and oxygen atoms in total. The number of aliphatic carboxylic acids is 2. The lowest BCUT2D eigenvalue weighted by Gasteiger charge is -2.21. The number of amides is 1. The smallest absolute Gasteiger partial charge is 0.322 e. The van der Waals surface area contributed by atoms with Gasteiger partial charge in [-0.05, 0) is 19.3 Å². The molecule has 0 aromatic rings. The van der Waals surface area contributed by atoms with Gasteiger partial charge in [0.1, 0.15) is 6.54 Å². The van der Waals surface area contributed by atoms with E-state index >= 15 is 0 Å². The van der Waals surface area contributed by atoms with Crippen molar-refractivity contribution in [1.82, 2.24) is 5.32 Å². The van der Waals surface area contributed by atoms with E-state index < -0.39 is 36.5 Å². The van der Waals surface area contributed by atoms with Gasteiger partial charge in [-0.3, -0.25) is 14.4 Å². The summed E-state index contributed by atoms with van der Waals surface area (Å²) in [5.74, 6) is -2.52. The van der Waals surface area contributed by atoms with E-state index in [0.717, 1.165) is 19.3 Å². The van der Waals surface area contributed by atoms with E-state index in [0.29, 0.717) is 0 Å². The first kappa shape index (κ1) is 31.4. The summed E-state index contributed by atoms with van der Waals surface area (Å²) in [6.45, 7) is 1.73. The summed E-state index contributed by atoms with van der Waals surface area (Å²) in [4.78, 5) is 33.2. The van der Waals surface area contributed by atoms with Crippen molar-refractivity contribution in [1.29, 1.82) is 0 Å². The van der Waals surface area contributed by atoms with Crippen LogP contribution < -0.4 is 11.1 Å². The van der Waals surface area contributed by atoms with E-state index in [1.165, 1.54) is 63.1 Å². The molecule has 0 aliphatic rings. The number of carbonyl (C=O) groups excluding carboxylic acids is 1. The molecule has 0 aromatic heterocycles. The summed E-state index contributed by atoms with van der Waals surface area (Å²) >= 11 is 1.27. The Balaban J connectivity index is 4.32. The van der Waals surface area contributed by atoms with E-state index in [-0.39, 0.29) is 23.8 Å². The van der Waals surface area contributed by atoms with Gasteiger partial charge >= 0.3 is 11.9 Å². The standard InChI is InChI=1S/C24H44N2O6S/c1-2-3-4-5-6-7-8-9-10-11-12-13-14-21(20(27)15-16-22(28)29)33-18-19(25)24(32)26-17-23(30)31/h13-14,19-21,27H,2-12,15-18,25H2,1H3,(H,26,32)(H,28,29)(H,30,31)/b14-13+/t19-,20-,21-/m0/s1. The van der Waals surface area contributed by atoms with Crippen molar-refractivity contribution in [2.75, 3.05) is 12.3 Å². The lowest BCUT2D eigenvalue weighted by Crippen LogP contribution is -2.44. The molecule has 0 spiro atoms. The third-order valence-electron chi connectivity index (χ3n) is 5.30. The van der Waals surface area contributed by atoms with Gasteiger partial charge in [0.2, 0.25) is 5.91 Å². The van der Waals surface area contributed by atoms with Crippen LogP contribution in [0.25, 0.3) is 0 Å².